The quantitative estimate of drug-likeness (QED) is 0.491. The van der Waals surface area contributed by atoms with Gasteiger partial charge in [-0.2, -0.15) is 0 Å². The maximum Gasteiger partial charge on any atom is 0.347 e. The van der Waals surface area contributed by atoms with Gasteiger partial charge in [0, 0.05) is 6.07 Å². The van der Waals surface area contributed by atoms with E-state index in [1.165, 1.54) is 6.26 Å². The molecule has 6 heteroatoms. The van der Waals surface area contributed by atoms with E-state index in [-0.39, 0.29) is 17.3 Å². The third kappa shape index (κ3) is 4.82. The number of fused-ring (bicyclic) bond motifs is 1. The summed E-state index contributed by atoms with van der Waals surface area (Å²) in [6, 6.07) is 10.6. The lowest BCUT2D eigenvalue weighted by Gasteiger charge is -2.17. The Bertz CT molecular complexity index is 1110. The lowest BCUT2D eigenvalue weighted by molar-refractivity contribution is -0.155. The number of ether oxygens (including phenoxy) is 3. The van der Waals surface area contributed by atoms with Gasteiger partial charge in [0.2, 0.25) is 11.2 Å². The molecule has 3 aromatic rings. The standard InChI is InChI=1S/C24H26O6/c1-6-16(4)28-24(26)17(5)29-18-9-10-19-21(12-18)27-13-22(23(19)25)30-20-11-14(2)7-8-15(20)3/h7-13,16-17H,6H2,1-5H3/t16-,17+/m0/s1. The Labute approximate surface area is 175 Å². The van der Waals surface area contributed by atoms with Crippen molar-refractivity contribution in [2.45, 2.75) is 53.2 Å². The van der Waals surface area contributed by atoms with Crippen molar-refractivity contribution >= 4 is 16.9 Å². The van der Waals surface area contributed by atoms with Gasteiger partial charge in [0.25, 0.3) is 0 Å². The van der Waals surface area contributed by atoms with Crippen molar-refractivity contribution in [3.8, 4) is 17.2 Å². The van der Waals surface area contributed by atoms with Gasteiger partial charge in [-0.05, 0) is 63.4 Å². The van der Waals surface area contributed by atoms with E-state index >= 15 is 0 Å². The van der Waals surface area contributed by atoms with E-state index in [9.17, 15) is 9.59 Å². The highest BCUT2D eigenvalue weighted by Gasteiger charge is 2.19. The van der Waals surface area contributed by atoms with E-state index in [0.29, 0.717) is 22.5 Å². The van der Waals surface area contributed by atoms with Gasteiger partial charge in [0.1, 0.15) is 23.3 Å². The number of benzene rings is 2. The summed E-state index contributed by atoms with van der Waals surface area (Å²) in [5, 5.41) is 0.361. The number of esters is 1. The summed E-state index contributed by atoms with van der Waals surface area (Å²) in [7, 11) is 0. The minimum atomic E-state index is -0.782. The summed E-state index contributed by atoms with van der Waals surface area (Å²) in [4.78, 5) is 24.9. The summed E-state index contributed by atoms with van der Waals surface area (Å²) in [5.41, 5.74) is 2.01. The topological polar surface area (TPSA) is 75.0 Å². The highest BCUT2D eigenvalue weighted by atomic mass is 16.6. The van der Waals surface area contributed by atoms with Crippen LogP contribution in [0.25, 0.3) is 11.0 Å². The van der Waals surface area contributed by atoms with Crippen molar-refractivity contribution in [2.75, 3.05) is 0 Å². The van der Waals surface area contributed by atoms with Crippen LogP contribution >= 0.6 is 0 Å². The zero-order valence-electron chi connectivity index (χ0n) is 17.9. The van der Waals surface area contributed by atoms with Crippen LogP contribution < -0.4 is 14.9 Å². The van der Waals surface area contributed by atoms with Gasteiger partial charge in [-0.3, -0.25) is 4.79 Å². The largest absolute Gasteiger partial charge is 0.479 e. The first-order valence-corrected chi connectivity index (χ1v) is 9.96. The molecule has 0 N–H and O–H groups in total. The molecule has 6 nitrogen and oxygen atoms in total. The molecule has 158 valence electrons. The first kappa shape index (κ1) is 21.4. The molecule has 0 spiro atoms. The number of carbonyl (C=O) groups is 1. The Morgan fingerprint density at radius 3 is 2.57 bits per heavy atom. The molecule has 0 saturated heterocycles. The Hall–Kier alpha value is -3.28. The number of aryl methyl sites for hydroxylation is 2. The average Bonchev–Trinajstić information content (AvgIpc) is 2.72. The monoisotopic (exact) mass is 410 g/mol. The summed E-state index contributed by atoms with van der Waals surface area (Å²) in [6.07, 6.45) is 1.06. The molecule has 0 radical (unpaired) electrons. The van der Waals surface area contributed by atoms with Gasteiger partial charge >= 0.3 is 5.97 Å². The predicted octanol–water partition coefficient (Wildman–Crippen LogP) is 5.31. The van der Waals surface area contributed by atoms with Crippen molar-refractivity contribution in [1.82, 2.24) is 0 Å². The molecule has 2 atom stereocenters. The molecule has 0 aliphatic heterocycles. The minimum absolute atomic E-state index is 0.107. The van der Waals surface area contributed by atoms with E-state index in [1.807, 2.05) is 45.9 Å². The molecule has 0 aliphatic rings. The molecule has 0 bridgehead atoms. The second-order valence-corrected chi connectivity index (χ2v) is 7.37. The Morgan fingerprint density at radius 2 is 1.83 bits per heavy atom. The van der Waals surface area contributed by atoms with Gasteiger partial charge in [-0.15, -0.1) is 0 Å². The molecular formula is C24H26O6. The molecule has 0 unspecified atom stereocenters. The van der Waals surface area contributed by atoms with E-state index in [0.717, 1.165) is 17.5 Å². The third-order valence-electron chi connectivity index (χ3n) is 4.82. The van der Waals surface area contributed by atoms with E-state index < -0.39 is 12.1 Å². The van der Waals surface area contributed by atoms with Gasteiger partial charge in [-0.25, -0.2) is 4.79 Å². The van der Waals surface area contributed by atoms with Crippen LogP contribution in [0.2, 0.25) is 0 Å². The molecule has 0 saturated carbocycles. The maximum atomic E-state index is 12.8. The van der Waals surface area contributed by atoms with Crippen LogP contribution in [-0.2, 0) is 9.53 Å². The molecule has 0 amide bonds. The number of carbonyl (C=O) groups excluding carboxylic acids is 1. The molecule has 0 aliphatic carbocycles. The molecule has 1 heterocycles. The molecule has 30 heavy (non-hydrogen) atoms. The van der Waals surface area contributed by atoms with Crippen molar-refractivity contribution in [2.24, 2.45) is 0 Å². The molecule has 1 aromatic heterocycles. The van der Waals surface area contributed by atoms with Crippen molar-refractivity contribution < 1.29 is 23.4 Å². The normalized spacial score (nSPS) is 13.0. The third-order valence-corrected chi connectivity index (χ3v) is 4.82. The van der Waals surface area contributed by atoms with Crippen molar-refractivity contribution in [3.63, 3.8) is 0 Å². The van der Waals surface area contributed by atoms with Crippen LogP contribution in [-0.4, -0.2) is 18.2 Å². The maximum absolute atomic E-state index is 12.8. The lowest BCUT2D eigenvalue weighted by Crippen LogP contribution is -2.29. The van der Waals surface area contributed by atoms with Gasteiger partial charge in [-0.1, -0.05) is 19.1 Å². The van der Waals surface area contributed by atoms with E-state index in [4.69, 9.17) is 18.6 Å². The zero-order chi connectivity index (χ0) is 21.8. The van der Waals surface area contributed by atoms with Crippen LogP contribution in [0.4, 0.5) is 0 Å². The second kappa shape index (κ2) is 9.03. The molecular weight excluding hydrogens is 384 g/mol. The summed E-state index contributed by atoms with van der Waals surface area (Å²) >= 11 is 0. The summed E-state index contributed by atoms with van der Waals surface area (Å²) in [6.45, 7) is 9.25. The smallest absolute Gasteiger partial charge is 0.347 e. The fourth-order valence-corrected chi connectivity index (χ4v) is 2.80. The fourth-order valence-electron chi connectivity index (χ4n) is 2.80. The first-order chi connectivity index (χ1) is 14.3. The van der Waals surface area contributed by atoms with Crippen LogP contribution in [0.15, 0.2) is 51.9 Å². The molecule has 0 fully saturated rings. The number of hydrogen-bond donors (Lipinski definition) is 0. The molecule has 2 aromatic carbocycles. The van der Waals surface area contributed by atoms with Gasteiger partial charge in [0.05, 0.1) is 11.5 Å². The van der Waals surface area contributed by atoms with Crippen LogP contribution in [0.3, 0.4) is 0 Å². The predicted molar refractivity (Wildman–Crippen MR) is 114 cm³/mol. The Kier molecular flexibility index (Phi) is 6.45. The number of rotatable bonds is 7. The van der Waals surface area contributed by atoms with Gasteiger partial charge < -0.3 is 18.6 Å². The Morgan fingerprint density at radius 1 is 1.07 bits per heavy atom. The summed E-state index contributed by atoms with van der Waals surface area (Å²) in [5.74, 6) is 0.677. The molecule has 3 rings (SSSR count). The van der Waals surface area contributed by atoms with E-state index in [2.05, 4.69) is 0 Å². The first-order valence-electron chi connectivity index (χ1n) is 9.96. The average molecular weight is 410 g/mol. The van der Waals surface area contributed by atoms with Gasteiger partial charge in [0.15, 0.2) is 6.10 Å². The second-order valence-electron chi connectivity index (χ2n) is 7.37. The number of hydrogen-bond acceptors (Lipinski definition) is 6. The van der Waals surface area contributed by atoms with Crippen molar-refractivity contribution in [1.29, 1.82) is 0 Å². The highest BCUT2D eigenvalue weighted by Crippen LogP contribution is 2.27. The van der Waals surface area contributed by atoms with Crippen LogP contribution in [0, 0.1) is 13.8 Å². The fraction of sp³-hybridized carbons (Fsp3) is 0.333. The van der Waals surface area contributed by atoms with Crippen molar-refractivity contribution in [3.05, 3.63) is 64.0 Å². The lowest BCUT2D eigenvalue weighted by atomic mass is 10.1. The van der Waals surface area contributed by atoms with Crippen LogP contribution in [0.5, 0.6) is 17.2 Å². The van der Waals surface area contributed by atoms with Crippen LogP contribution in [0.1, 0.15) is 38.3 Å². The minimum Gasteiger partial charge on any atom is -0.479 e. The summed E-state index contributed by atoms with van der Waals surface area (Å²) < 4.78 is 22.3. The Balaban J connectivity index is 1.81. The van der Waals surface area contributed by atoms with E-state index in [1.54, 1.807) is 25.1 Å². The highest BCUT2D eigenvalue weighted by molar-refractivity contribution is 5.79. The SMILES string of the molecule is CC[C@H](C)OC(=O)[C@@H](C)Oc1ccc2c(=O)c(Oc3cc(C)ccc3C)coc2c1. The zero-order valence-corrected chi connectivity index (χ0v) is 17.9.